The number of anilines is 1. The van der Waals surface area contributed by atoms with Crippen LogP contribution >= 0.6 is 0 Å². The number of hydrogen-bond donors (Lipinski definition) is 1. The monoisotopic (exact) mass is 367 g/mol. The maximum atomic E-state index is 13.3. The lowest BCUT2D eigenvalue weighted by Gasteiger charge is -2.28. The number of amides is 1. The Balaban J connectivity index is 1.53. The Hall–Kier alpha value is -2.43. The lowest BCUT2D eigenvalue weighted by molar-refractivity contribution is 0.0725. The van der Waals surface area contributed by atoms with Crippen LogP contribution in [0.25, 0.3) is 0 Å². The van der Waals surface area contributed by atoms with Crippen molar-refractivity contribution in [3.8, 4) is 0 Å². The van der Waals surface area contributed by atoms with Gasteiger partial charge in [-0.2, -0.15) is 0 Å². The highest BCUT2D eigenvalue weighted by Gasteiger charge is 2.30. The molecule has 2 aromatic rings. The Kier molecular flexibility index (Phi) is 5.37. The molecular weight excluding hydrogens is 341 g/mol. The Bertz CT molecular complexity index is 786. The zero-order chi connectivity index (χ0) is 18.6. The molecule has 4 nitrogen and oxygen atoms in total. The first-order valence-electron chi connectivity index (χ1n) is 9.98. The molecule has 2 aliphatic rings. The molecule has 1 amide bonds. The van der Waals surface area contributed by atoms with Crippen LogP contribution in [0.1, 0.15) is 60.4 Å². The highest BCUT2D eigenvalue weighted by Crippen LogP contribution is 2.36. The van der Waals surface area contributed by atoms with Crippen LogP contribution in [0.3, 0.4) is 0 Å². The molecule has 142 valence electrons. The lowest BCUT2D eigenvalue weighted by Crippen LogP contribution is -2.36. The molecule has 1 aromatic carbocycles. The third-order valence-electron chi connectivity index (χ3n) is 5.82. The van der Waals surface area contributed by atoms with Crippen LogP contribution in [0.15, 0.2) is 42.6 Å². The van der Waals surface area contributed by atoms with Crippen molar-refractivity contribution >= 4 is 11.7 Å². The molecule has 2 heterocycles. The summed E-state index contributed by atoms with van der Waals surface area (Å²) in [4.78, 5) is 19.4. The second-order valence-electron chi connectivity index (χ2n) is 7.59. The summed E-state index contributed by atoms with van der Waals surface area (Å²) in [5, 5.41) is 3.54. The topological polar surface area (TPSA) is 45.2 Å². The lowest BCUT2D eigenvalue weighted by atomic mass is 9.94. The Morgan fingerprint density at radius 1 is 1.04 bits per heavy atom. The average molecular weight is 367 g/mol. The van der Waals surface area contributed by atoms with Gasteiger partial charge in [0.1, 0.15) is 11.6 Å². The molecule has 4 rings (SSSR count). The van der Waals surface area contributed by atoms with Gasteiger partial charge >= 0.3 is 0 Å². The molecule has 2 atom stereocenters. The molecule has 2 fully saturated rings. The van der Waals surface area contributed by atoms with Crippen LogP contribution in [0, 0.1) is 5.82 Å². The van der Waals surface area contributed by atoms with Crippen molar-refractivity contribution < 1.29 is 9.18 Å². The molecule has 5 heteroatoms. The van der Waals surface area contributed by atoms with Crippen LogP contribution in [0.4, 0.5) is 10.2 Å². The van der Waals surface area contributed by atoms with Crippen LogP contribution < -0.4 is 5.32 Å². The van der Waals surface area contributed by atoms with E-state index in [0.717, 1.165) is 50.8 Å². The average Bonchev–Trinajstić information content (AvgIpc) is 3.17. The number of piperidine rings is 1. The summed E-state index contributed by atoms with van der Waals surface area (Å²) >= 11 is 0. The van der Waals surface area contributed by atoms with Gasteiger partial charge in [-0.3, -0.25) is 4.79 Å². The zero-order valence-corrected chi connectivity index (χ0v) is 15.5. The van der Waals surface area contributed by atoms with E-state index < -0.39 is 0 Å². The molecule has 27 heavy (non-hydrogen) atoms. The number of pyridine rings is 1. The molecule has 0 bridgehead atoms. The summed E-state index contributed by atoms with van der Waals surface area (Å²) in [7, 11) is 0. The van der Waals surface area contributed by atoms with Gasteiger partial charge in [0.15, 0.2) is 0 Å². The number of carbonyl (C=O) groups excluding carboxylic acids is 1. The standard InChI is InChI=1S/C22H26FN3O/c23-17-11-9-16(10-12-17)18-6-4-8-20(18)25-21-19(7-5-13-24-21)22(27)26-14-2-1-3-15-26/h5,7,9-13,18,20H,1-4,6,8,14-15H2,(H,24,25). The van der Waals surface area contributed by atoms with Crippen LogP contribution in [0.5, 0.6) is 0 Å². The summed E-state index contributed by atoms with van der Waals surface area (Å²) in [6.07, 6.45) is 8.28. The summed E-state index contributed by atoms with van der Waals surface area (Å²) < 4.78 is 13.3. The Morgan fingerprint density at radius 3 is 2.59 bits per heavy atom. The SMILES string of the molecule is O=C(c1cccnc1NC1CCCC1c1ccc(F)cc1)N1CCCCC1. The summed E-state index contributed by atoms with van der Waals surface area (Å²) in [6.45, 7) is 1.66. The minimum atomic E-state index is -0.208. The number of nitrogens with zero attached hydrogens (tertiary/aromatic N) is 2. The summed E-state index contributed by atoms with van der Waals surface area (Å²) in [5.41, 5.74) is 1.80. The van der Waals surface area contributed by atoms with Gasteiger partial charge in [0, 0.05) is 31.2 Å². The number of halogens is 1. The quantitative estimate of drug-likeness (QED) is 0.859. The van der Waals surface area contributed by atoms with E-state index >= 15 is 0 Å². The minimum absolute atomic E-state index is 0.0710. The largest absolute Gasteiger partial charge is 0.366 e. The van der Waals surface area contributed by atoms with E-state index in [1.165, 1.54) is 18.6 Å². The molecule has 1 aliphatic heterocycles. The number of benzene rings is 1. The molecule has 1 aromatic heterocycles. The van der Waals surface area contributed by atoms with E-state index in [4.69, 9.17) is 0 Å². The van der Waals surface area contributed by atoms with Gasteiger partial charge < -0.3 is 10.2 Å². The number of aromatic nitrogens is 1. The second kappa shape index (κ2) is 8.07. The molecule has 1 saturated heterocycles. The molecule has 1 saturated carbocycles. The normalized spacial score (nSPS) is 22.6. The van der Waals surface area contributed by atoms with Gasteiger partial charge in [-0.25, -0.2) is 9.37 Å². The fourth-order valence-corrected chi connectivity index (χ4v) is 4.38. The van der Waals surface area contributed by atoms with Crippen molar-refractivity contribution in [1.29, 1.82) is 0 Å². The van der Waals surface area contributed by atoms with E-state index in [1.54, 1.807) is 6.20 Å². The van der Waals surface area contributed by atoms with E-state index in [9.17, 15) is 9.18 Å². The summed E-state index contributed by atoms with van der Waals surface area (Å²) in [5.74, 6) is 0.847. The number of hydrogen-bond acceptors (Lipinski definition) is 3. The van der Waals surface area contributed by atoms with Crippen molar-refractivity contribution in [2.45, 2.75) is 50.5 Å². The third-order valence-corrected chi connectivity index (χ3v) is 5.82. The molecule has 1 N–H and O–H groups in total. The molecular formula is C22H26FN3O. The van der Waals surface area contributed by atoms with Crippen LogP contribution in [-0.2, 0) is 0 Å². The van der Waals surface area contributed by atoms with Gasteiger partial charge in [-0.1, -0.05) is 18.6 Å². The second-order valence-corrected chi connectivity index (χ2v) is 7.59. The highest BCUT2D eigenvalue weighted by atomic mass is 19.1. The van der Waals surface area contributed by atoms with Crippen molar-refractivity contribution in [1.82, 2.24) is 9.88 Å². The predicted molar refractivity (Wildman–Crippen MR) is 104 cm³/mol. The molecule has 0 spiro atoms. The smallest absolute Gasteiger partial charge is 0.257 e. The molecule has 2 unspecified atom stereocenters. The van der Waals surface area contributed by atoms with Gasteiger partial charge in [0.05, 0.1) is 5.56 Å². The maximum absolute atomic E-state index is 13.3. The van der Waals surface area contributed by atoms with Crippen molar-refractivity contribution in [3.63, 3.8) is 0 Å². The van der Waals surface area contributed by atoms with E-state index in [0.29, 0.717) is 17.3 Å². The Labute approximate surface area is 159 Å². The van der Waals surface area contributed by atoms with Gasteiger partial charge in [0.2, 0.25) is 0 Å². The van der Waals surface area contributed by atoms with Crippen LogP contribution in [-0.4, -0.2) is 34.9 Å². The molecule has 0 radical (unpaired) electrons. The first-order chi connectivity index (χ1) is 13.2. The van der Waals surface area contributed by atoms with Crippen molar-refractivity contribution in [3.05, 3.63) is 59.5 Å². The first-order valence-corrected chi connectivity index (χ1v) is 9.98. The maximum Gasteiger partial charge on any atom is 0.257 e. The van der Waals surface area contributed by atoms with Crippen molar-refractivity contribution in [2.75, 3.05) is 18.4 Å². The van der Waals surface area contributed by atoms with Crippen molar-refractivity contribution in [2.24, 2.45) is 0 Å². The van der Waals surface area contributed by atoms with Gasteiger partial charge in [-0.05, 0) is 61.9 Å². The predicted octanol–water partition coefficient (Wildman–Crippen LogP) is 4.60. The molecule has 1 aliphatic carbocycles. The van der Waals surface area contributed by atoms with E-state index in [1.807, 2.05) is 29.2 Å². The number of rotatable bonds is 4. The number of nitrogens with one attached hydrogen (secondary N) is 1. The number of carbonyl (C=O) groups is 1. The van der Waals surface area contributed by atoms with Crippen LogP contribution in [0.2, 0.25) is 0 Å². The van der Waals surface area contributed by atoms with Gasteiger partial charge in [0.25, 0.3) is 5.91 Å². The third kappa shape index (κ3) is 3.97. The Morgan fingerprint density at radius 2 is 1.81 bits per heavy atom. The zero-order valence-electron chi connectivity index (χ0n) is 15.5. The highest BCUT2D eigenvalue weighted by molar-refractivity contribution is 5.98. The van der Waals surface area contributed by atoms with Gasteiger partial charge in [-0.15, -0.1) is 0 Å². The minimum Gasteiger partial charge on any atom is -0.366 e. The van der Waals surface area contributed by atoms with E-state index in [-0.39, 0.29) is 17.8 Å². The fourth-order valence-electron chi connectivity index (χ4n) is 4.38. The summed E-state index contributed by atoms with van der Waals surface area (Å²) in [6, 6.07) is 10.7. The number of likely N-dealkylation sites (tertiary alicyclic amines) is 1. The fraction of sp³-hybridized carbons (Fsp3) is 0.455. The van der Waals surface area contributed by atoms with E-state index in [2.05, 4.69) is 10.3 Å². The first kappa shape index (κ1) is 18.0.